The number of aromatic nitrogens is 2. The summed E-state index contributed by atoms with van der Waals surface area (Å²) in [5.74, 6) is 0.726. The Morgan fingerprint density at radius 1 is 1.43 bits per heavy atom. The molecule has 1 aliphatic carbocycles. The topological polar surface area (TPSA) is 59.2 Å². The summed E-state index contributed by atoms with van der Waals surface area (Å²) >= 11 is 0. The molecule has 0 radical (unpaired) electrons. The molecule has 0 saturated heterocycles. The number of pyridine rings is 1. The van der Waals surface area contributed by atoms with Gasteiger partial charge in [-0.3, -0.25) is 4.79 Å². The molecule has 21 heavy (non-hydrogen) atoms. The maximum Gasteiger partial charge on any atom is 0.257 e. The molecular weight excluding hydrogens is 266 g/mol. The summed E-state index contributed by atoms with van der Waals surface area (Å²) in [5, 5.41) is 4.69. The Bertz CT molecular complexity index is 665. The quantitative estimate of drug-likeness (QED) is 0.851. The van der Waals surface area contributed by atoms with E-state index in [1.54, 1.807) is 6.20 Å². The molecule has 1 amide bonds. The summed E-state index contributed by atoms with van der Waals surface area (Å²) in [6, 6.07) is 2.17. The van der Waals surface area contributed by atoms with Crippen LogP contribution in [0.15, 0.2) is 16.8 Å². The summed E-state index contributed by atoms with van der Waals surface area (Å²) in [6.45, 7) is 4.12. The second-order valence-corrected chi connectivity index (χ2v) is 6.19. The fourth-order valence-corrected chi connectivity index (χ4v) is 3.19. The number of nitrogens with zero attached hydrogens (tertiary/aromatic N) is 3. The lowest BCUT2D eigenvalue weighted by Gasteiger charge is -2.34. The first-order valence-corrected chi connectivity index (χ1v) is 7.55. The number of carbonyl (C=O) groups excluding carboxylic acids is 1. The molecule has 2 heterocycles. The number of aryl methyl sites for hydroxylation is 1. The van der Waals surface area contributed by atoms with Crippen LogP contribution in [-0.4, -0.2) is 34.0 Å². The third kappa shape index (κ3) is 2.64. The second-order valence-electron chi connectivity index (χ2n) is 6.19. The lowest BCUT2D eigenvalue weighted by atomic mass is 9.86. The summed E-state index contributed by atoms with van der Waals surface area (Å²) in [6.07, 6.45) is 6.23. The molecule has 0 aromatic carbocycles. The van der Waals surface area contributed by atoms with Crippen LogP contribution in [0.5, 0.6) is 0 Å². The van der Waals surface area contributed by atoms with Gasteiger partial charge in [0, 0.05) is 19.3 Å². The van der Waals surface area contributed by atoms with Crippen LogP contribution in [0.4, 0.5) is 0 Å². The predicted octanol–water partition coefficient (Wildman–Crippen LogP) is 3.18. The molecule has 2 aromatic rings. The maximum atomic E-state index is 12.7. The van der Waals surface area contributed by atoms with E-state index >= 15 is 0 Å². The fraction of sp³-hybridized carbons (Fsp3) is 0.562. The van der Waals surface area contributed by atoms with Gasteiger partial charge in [-0.1, -0.05) is 24.9 Å². The highest BCUT2D eigenvalue weighted by molar-refractivity contribution is 5.97. The van der Waals surface area contributed by atoms with Crippen molar-refractivity contribution in [3.63, 3.8) is 0 Å². The molecule has 112 valence electrons. The van der Waals surface area contributed by atoms with Gasteiger partial charge in [0.25, 0.3) is 11.6 Å². The van der Waals surface area contributed by atoms with E-state index in [0.717, 1.165) is 23.9 Å². The van der Waals surface area contributed by atoms with Crippen molar-refractivity contribution in [2.24, 2.45) is 5.92 Å². The smallest absolute Gasteiger partial charge is 0.257 e. The summed E-state index contributed by atoms with van der Waals surface area (Å²) < 4.78 is 5.09. The summed E-state index contributed by atoms with van der Waals surface area (Å²) in [4.78, 5) is 18.7. The average Bonchev–Trinajstić information content (AvgIpc) is 2.87. The highest BCUT2D eigenvalue weighted by Crippen LogP contribution is 2.27. The van der Waals surface area contributed by atoms with E-state index in [-0.39, 0.29) is 5.91 Å². The molecule has 1 saturated carbocycles. The Morgan fingerprint density at radius 3 is 3.00 bits per heavy atom. The average molecular weight is 287 g/mol. The van der Waals surface area contributed by atoms with Crippen molar-refractivity contribution in [2.75, 3.05) is 7.05 Å². The maximum absolute atomic E-state index is 12.7. The van der Waals surface area contributed by atoms with Gasteiger partial charge in [-0.15, -0.1) is 0 Å². The van der Waals surface area contributed by atoms with Crippen LogP contribution in [0.1, 0.15) is 48.7 Å². The van der Waals surface area contributed by atoms with Crippen molar-refractivity contribution in [3.8, 4) is 0 Å². The number of hydrogen-bond donors (Lipinski definition) is 0. The Balaban J connectivity index is 1.83. The molecule has 0 N–H and O–H groups in total. The monoisotopic (exact) mass is 287 g/mol. The van der Waals surface area contributed by atoms with Gasteiger partial charge in [0.15, 0.2) is 0 Å². The van der Waals surface area contributed by atoms with Crippen molar-refractivity contribution in [1.82, 2.24) is 15.0 Å². The number of amides is 1. The van der Waals surface area contributed by atoms with Gasteiger partial charge in [0.2, 0.25) is 0 Å². The highest BCUT2D eigenvalue weighted by Gasteiger charge is 2.26. The summed E-state index contributed by atoms with van der Waals surface area (Å²) in [5.41, 5.74) is 1.86. The van der Waals surface area contributed by atoms with Crippen molar-refractivity contribution < 1.29 is 9.32 Å². The first-order valence-electron chi connectivity index (χ1n) is 7.55. The van der Waals surface area contributed by atoms with E-state index in [1.165, 1.54) is 12.8 Å². The van der Waals surface area contributed by atoms with Crippen LogP contribution in [0.2, 0.25) is 0 Å². The normalized spacial score (nSPS) is 22.4. The van der Waals surface area contributed by atoms with Crippen molar-refractivity contribution >= 4 is 17.0 Å². The number of fused-ring (bicyclic) bond motifs is 1. The Hall–Kier alpha value is -1.91. The van der Waals surface area contributed by atoms with E-state index < -0.39 is 0 Å². The fourth-order valence-electron chi connectivity index (χ4n) is 3.19. The van der Waals surface area contributed by atoms with Gasteiger partial charge < -0.3 is 9.42 Å². The van der Waals surface area contributed by atoms with Crippen LogP contribution in [0, 0.1) is 12.8 Å². The molecule has 1 fully saturated rings. The molecular formula is C16H21N3O2. The van der Waals surface area contributed by atoms with Gasteiger partial charge >= 0.3 is 0 Å². The van der Waals surface area contributed by atoms with Crippen LogP contribution in [0.3, 0.4) is 0 Å². The van der Waals surface area contributed by atoms with Crippen molar-refractivity contribution in [1.29, 1.82) is 0 Å². The zero-order valence-corrected chi connectivity index (χ0v) is 12.8. The van der Waals surface area contributed by atoms with E-state index in [2.05, 4.69) is 17.1 Å². The minimum atomic E-state index is 0.0316. The zero-order valence-electron chi connectivity index (χ0n) is 12.8. The Kier molecular flexibility index (Phi) is 3.66. The molecule has 2 aromatic heterocycles. The Morgan fingerprint density at radius 2 is 2.24 bits per heavy atom. The van der Waals surface area contributed by atoms with E-state index in [9.17, 15) is 4.79 Å². The summed E-state index contributed by atoms with van der Waals surface area (Å²) in [7, 11) is 1.90. The third-order valence-electron chi connectivity index (χ3n) is 4.53. The van der Waals surface area contributed by atoms with E-state index in [0.29, 0.717) is 23.2 Å². The molecule has 5 heteroatoms. The molecule has 3 rings (SSSR count). The second kappa shape index (κ2) is 5.47. The molecule has 0 aliphatic heterocycles. The van der Waals surface area contributed by atoms with Gasteiger partial charge in [-0.05, 0) is 31.7 Å². The minimum Gasteiger partial charge on any atom is -0.339 e. The molecule has 1 aliphatic rings. The first-order chi connectivity index (χ1) is 10.1. The van der Waals surface area contributed by atoms with E-state index in [4.69, 9.17) is 4.52 Å². The van der Waals surface area contributed by atoms with Gasteiger partial charge in [0.1, 0.15) is 0 Å². The minimum absolute atomic E-state index is 0.0316. The van der Waals surface area contributed by atoms with Crippen LogP contribution in [-0.2, 0) is 0 Å². The first kappa shape index (κ1) is 14.0. The van der Waals surface area contributed by atoms with Crippen LogP contribution < -0.4 is 0 Å². The number of rotatable bonds is 2. The number of hydrogen-bond acceptors (Lipinski definition) is 4. The third-order valence-corrected chi connectivity index (χ3v) is 4.53. The molecule has 2 atom stereocenters. The molecule has 0 spiro atoms. The zero-order chi connectivity index (χ0) is 15.0. The predicted molar refractivity (Wildman–Crippen MR) is 80.1 cm³/mol. The van der Waals surface area contributed by atoms with E-state index in [1.807, 2.05) is 24.9 Å². The highest BCUT2D eigenvalue weighted by atomic mass is 16.5. The van der Waals surface area contributed by atoms with Crippen LogP contribution >= 0.6 is 0 Å². The Labute approximate surface area is 124 Å². The molecule has 5 nitrogen and oxygen atoms in total. The lowest BCUT2D eigenvalue weighted by molar-refractivity contribution is 0.0672. The molecule has 0 bridgehead atoms. The standard InChI is InChI=1S/C16H21N3O2/c1-10-5-4-6-13(7-10)19(3)16(20)12-8-14-11(2)18-21-15(14)17-9-12/h8-10,13H,4-7H2,1-3H3/t10-,13-/m0/s1. The van der Waals surface area contributed by atoms with Crippen molar-refractivity contribution in [2.45, 2.75) is 45.6 Å². The lowest BCUT2D eigenvalue weighted by Crippen LogP contribution is -2.39. The largest absolute Gasteiger partial charge is 0.339 e. The van der Waals surface area contributed by atoms with Crippen molar-refractivity contribution in [3.05, 3.63) is 23.5 Å². The van der Waals surface area contributed by atoms with Crippen LogP contribution in [0.25, 0.3) is 11.1 Å². The SMILES string of the molecule is Cc1noc2ncc(C(=O)N(C)[C@H]3CCC[C@H](C)C3)cc12. The molecule has 0 unspecified atom stereocenters. The number of carbonyl (C=O) groups is 1. The van der Waals surface area contributed by atoms with Gasteiger partial charge in [-0.2, -0.15) is 0 Å². The van der Waals surface area contributed by atoms with Gasteiger partial charge in [-0.25, -0.2) is 4.98 Å². The van der Waals surface area contributed by atoms with Gasteiger partial charge in [0.05, 0.1) is 16.6 Å².